The Kier molecular flexibility index (Phi) is 1.37. The van der Waals surface area contributed by atoms with Crippen LogP contribution in [0.5, 0.6) is 0 Å². The third kappa shape index (κ3) is 0.913. The summed E-state index contributed by atoms with van der Waals surface area (Å²) < 4.78 is 0. The van der Waals surface area contributed by atoms with Crippen molar-refractivity contribution in [2.24, 2.45) is 0 Å². The molecule has 0 radical (unpaired) electrons. The standard InChI is InChI=1S/C5H9BN2/c1-4-3-7-5(6-2)8-4/h3,6H,1-2H3,(H,7,8). The fourth-order valence-corrected chi connectivity index (χ4v) is 0.646. The molecule has 0 saturated heterocycles. The molecular weight excluding hydrogens is 98.9 g/mol. The number of hydrogen-bond acceptors (Lipinski definition) is 1. The average Bonchev–Trinajstić information content (AvgIpc) is 2.14. The lowest BCUT2D eigenvalue weighted by Crippen LogP contribution is -2.14. The SMILES string of the molecule is CBc1nc(C)c[nH]1. The second-order valence-electron chi connectivity index (χ2n) is 1.84. The van der Waals surface area contributed by atoms with Crippen LogP contribution in [-0.4, -0.2) is 17.2 Å². The van der Waals surface area contributed by atoms with Gasteiger partial charge in [0.05, 0.1) is 11.4 Å². The van der Waals surface area contributed by atoms with E-state index in [2.05, 4.69) is 16.8 Å². The van der Waals surface area contributed by atoms with Gasteiger partial charge in [-0.2, -0.15) is 0 Å². The summed E-state index contributed by atoms with van der Waals surface area (Å²) in [4.78, 5) is 7.22. The van der Waals surface area contributed by atoms with Crippen LogP contribution in [0.3, 0.4) is 0 Å². The van der Waals surface area contributed by atoms with E-state index in [0.29, 0.717) is 0 Å². The molecule has 0 aliphatic rings. The number of nitrogens with zero attached hydrogens (tertiary/aromatic N) is 1. The van der Waals surface area contributed by atoms with Gasteiger partial charge in [0.25, 0.3) is 0 Å². The molecule has 0 spiro atoms. The van der Waals surface area contributed by atoms with Gasteiger partial charge in [0.15, 0.2) is 0 Å². The van der Waals surface area contributed by atoms with E-state index in [4.69, 9.17) is 0 Å². The second-order valence-corrected chi connectivity index (χ2v) is 1.84. The fraction of sp³-hybridized carbons (Fsp3) is 0.400. The van der Waals surface area contributed by atoms with Crippen molar-refractivity contribution in [1.29, 1.82) is 0 Å². The molecule has 0 atom stereocenters. The lowest BCUT2D eigenvalue weighted by Gasteiger charge is -1.78. The minimum absolute atomic E-state index is 0.994. The lowest BCUT2D eigenvalue weighted by atomic mass is 9.82. The third-order valence-electron chi connectivity index (χ3n) is 1.09. The molecule has 0 aliphatic heterocycles. The second kappa shape index (κ2) is 2.03. The quantitative estimate of drug-likeness (QED) is 0.497. The fourth-order valence-electron chi connectivity index (χ4n) is 0.646. The van der Waals surface area contributed by atoms with Gasteiger partial charge in [-0.15, -0.1) is 0 Å². The molecule has 0 aromatic carbocycles. The first-order valence-corrected chi connectivity index (χ1v) is 2.84. The summed E-state index contributed by atoms with van der Waals surface area (Å²) in [5, 5.41) is 0. The van der Waals surface area contributed by atoms with Gasteiger partial charge in [-0.05, 0) is 6.92 Å². The molecule has 0 saturated carbocycles. The zero-order valence-corrected chi connectivity index (χ0v) is 5.23. The van der Waals surface area contributed by atoms with E-state index < -0.39 is 0 Å². The maximum absolute atomic E-state index is 4.17. The predicted molar refractivity (Wildman–Crippen MR) is 36.0 cm³/mol. The highest BCUT2D eigenvalue weighted by atomic mass is 14.9. The van der Waals surface area contributed by atoms with E-state index in [-0.39, 0.29) is 0 Å². The summed E-state index contributed by atoms with van der Waals surface area (Å²) in [5.41, 5.74) is 2.14. The Labute approximate surface area is 49.6 Å². The van der Waals surface area contributed by atoms with Crippen molar-refractivity contribution in [3.8, 4) is 0 Å². The first-order chi connectivity index (χ1) is 3.83. The maximum Gasteiger partial charge on any atom is 0.201 e. The molecule has 8 heavy (non-hydrogen) atoms. The number of rotatable bonds is 1. The number of nitrogens with one attached hydrogen (secondary N) is 1. The molecule has 1 aromatic rings. The summed E-state index contributed by atoms with van der Waals surface area (Å²) in [7, 11) is 0.994. The van der Waals surface area contributed by atoms with Crippen LogP contribution < -0.4 is 5.72 Å². The van der Waals surface area contributed by atoms with Crippen molar-refractivity contribution in [2.45, 2.75) is 13.7 Å². The van der Waals surface area contributed by atoms with Crippen LogP contribution in [0.2, 0.25) is 6.82 Å². The van der Waals surface area contributed by atoms with Gasteiger partial charge < -0.3 is 4.98 Å². The Morgan fingerprint density at radius 3 is 2.75 bits per heavy atom. The topological polar surface area (TPSA) is 28.7 Å². The van der Waals surface area contributed by atoms with Gasteiger partial charge in [-0.3, -0.25) is 4.98 Å². The molecule has 1 rings (SSSR count). The zero-order chi connectivity index (χ0) is 5.98. The number of aromatic amines is 1. The Morgan fingerprint density at radius 2 is 2.50 bits per heavy atom. The molecular formula is C5H9BN2. The molecule has 1 heterocycles. The predicted octanol–water partition coefficient (Wildman–Crippen LogP) is -0.172. The minimum Gasteiger partial charge on any atom is -0.357 e. The number of imidazole rings is 1. The third-order valence-corrected chi connectivity index (χ3v) is 1.09. The average molecular weight is 108 g/mol. The van der Waals surface area contributed by atoms with Crippen molar-refractivity contribution in [2.75, 3.05) is 0 Å². The van der Waals surface area contributed by atoms with Crippen molar-refractivity contribution >= 4 is 13.0 Å². The highest BCUT2D eigenvalue weighted by molar-refractivity contribution is 6.49. The van der Waals surface area contributed by atoms with Crippen molar-refractivity contribution in [1.82, 2.24) is 9.97 Å². The normalized spacial score (nSPS) is 9.25. The number of aryl methyl sites for hydroxylation is 1. The molecule has 1 aromatic heterocycles. The molecule has 0 unspecified atom stereocenters. The Morgan fingerprint density at radius 1 is 1.75 bits per heavy atom. The molecule has 2 nitrogen and oxygen atoms in total. The van der Waals surface area contributed by atoms with Crippen LogP contribution in [0.25, 0.3) is 0 Å². The molecule has 42 valence electrons. The van der Waals surface area contributed by atoms with Crippen LogP contribution >= 0.6 is 0 Å². The molecule has 0 bridgehead atoms. The van der Waals surface area contributed by atoms with Crippen LogP contribution in [0, 0.1) is 6.92 Å². The Bertz CT molecular complexity index is 171. The molecule has 0 fully saturated rings. The van der Waals surface area contributed by atoms with Crippen molar-refractivity contribution in [3.63, 3.8) is 0 Å². The summed E-state index contributed by atoms with van der Waals surface area (Å²) in [6, 6.07) is 0. The van der Waals surface area contributed by atoms with Crippen LogP contribution in [-0.2, 0) is 0 Å². The van der Waals surface area contributed by atoms with E-state index in [1.165, 1.54) is 0 Å². The first kappa shape index (κ1) is 5.41. The molecule has 0 aliphatic carbocycles. The highest BCUT2D eigenvalue weighted by Gasteiger charge is 1.91. The van der Waals surface area contributed by atoms with E-state index in [9.17, 15) is 0 Å². The smallest absolute Gasteiger partial charge is 0.201 e. The van der Waals surface area contributed by atoms with Gasteiger partial charge in [0, 0.05) is 6.20 Å². The maximum atomic E-state index is 4.17. The highest BCUT2D eigenvalue weighted by Crippen LogP contribution is 1.80. The van der Waals surface area contributed by atoms with Gasteiger partial charge in [-0.25, -0.2) is 0 Å². The van der Waals surface area contributed by atoms with Crippen molar-refractivity contribution < 1.29 is 0 Å². The van der Waals surface area contributed by atoms with Gasteiger partial charge in [0.1, 0.15) is 0 Å². The summed E-state index contributed by atoms with van der Waals surface area (Å²) in [6.07, 6.45) is 1.92. The van der Waals surface area contributed by atoms with Gasteiger partial charge >= 0.3 is 0 Å². The number of hydrogen-bond donors (Lipinski definition) is 1. The number of H-pyrrole nitrogens is 1. The van der Waals surface area contributed by atoms with Gasteiger partial charge in [-0.1, -0.05) is 6.82 Å². The lowest BCUT2D eigenvalue weighted by molar-refractivity contribution is 1.29. The summed E-state index contributed by atoms with van der Waals surface area (Å²) in [5.74, 6) is 0. The van der Waals surface area contributed by atoms with Crippen LogP contribution in [0.1, 0.15) is 5.69 Å². The van der Waals surface area contributed by atoms with Crippen molar-refractivity contribution in [3.05, 3.63) is 11.9 Å². The van der Waals surface area contributed by atoms with Gasteiger partial charge in [0.2, 0.25) is 7.28 Å². The van der Waals surface area contributed by atoms with E-state index >= 15 is 0 Å². The number of aromatic nitrogens is 2. The molecule has 0 amide bonds. The molecule has 1 N–H and O–H groups in total. The monoisotopic (exact) mass is 108 g/mol. The van der Waals surface area contributed by atoms with Crippen LogP contribution in [0.15, 0.2) is 6.20 Å². The largest absolute Gasteiger partial charge is 0.357 e. The van der Waals surface area contributed by atoms with E-state index in [1.54, 1.807) is 0 Å². The Balaban J connectivity index is 2.84. The Hall–Kier alpha value is -0.725. The zero-order valence-electron chi connectivity index (χ0n) is 5.23. The first-order valence-electron chi connectivity index (χ1n) is 2.84. The van der Waals surface area contributed by atoms with Crippen LogP contribution in [0.4, 0.5) is 0 Å². The molecule has 3 heteroatoms. The summed E-state index contributed by atoms with van der Waals surface area (Å²) in [6.45, 7) is 4.06. The van der Waals surface area contributed by atoms with E-state index in [1.807, 2.05) is 13.1 Å². The minimum atomic E-state index is 0.994. The van der Waals surface area contributed by atoms with E-state index in [0.717, 1.165) is 18.7 Å². The summed E-state index contributed by atoms with van der Waals surface area (Å²) >= 11 is 0.